The molecule has 0 saturated carbocycles. The number of benzene rings is 1. The van der Waals surface area contributed by atoms with E-state index < -0.39 is 31.7 Å². The van der Waals surface area contributed by atoms with Gasteiger partial charge in [0.05, 0.1) is 11.1 Å². The van der Waals surface area contributed by atoms with E-state index in [0.29, 0.717) is 0 Å². The second-order valence-electron chi connectivity index (χ2n) is 3.82. The molecule has 0 saturated heterocycles. The fraction of sp³-hybridized carbons (Fsp3) is 0.167. The zero-order chi connectivity index (χ0) is 18.2. The lowest BCUT2D eigenvalue weighted by atomic mass is 10.1. The van der Waals surface area contributed by atoms with E-state index in [1.807, 2.05) is 0 Å². The van der Waals surface area contributed by atoms with Crippen LogP contribution in [0.4, 0.5) is 0 Å². The molecule has 0 atom stereocenters. The molecular weight excluding hydrogens is 335 g/mol. The summed E-state index contributed by atoms with van der Waals surface area (Å²) in [5.74, 6) is -3.54. The number of rotatable bonds is 2. The van der Waals surface area contributed by atoms with Gasteiger partial charge in [-0.1, -0.05) is 12.1 Å². The lowest BCUT2D eigenvalue weighted by molar-refractivity contribution is -0.136. The third kappa shape index (κ3) is 10.0. The number of ether oxygens (including phenoxy) is 2. The van der Waals surface area contributed by atoms with Crippen LogP contribution >= 0.6 is 7.82 Å². The number of carbonyl (C=O) groups excluding carboxylic acids is 4. The topological polar surface area (TPSA) is 164 Å². The first-order valence-electron chi connectivity index (χ1n) is 5.74. The van der Waals surface area contributed by atoms with Crippen LogP contribution in [0.15, 0.2) is 24.3 Å². The zero-order valence-corrected chi connectivity index (χ0v) is 12.9. The van der Waals surface area contributed by atoms with Crippen molar-refractivity contribution in [2.45, 2.75) is 13.8 Å². The van der Waals surface area contributed by atoms with Gasteiger partial charge in [-0.25, -0.2) is 14.2 Å². The fourth-order valence-electron chi connectivity index (χ4n) is 1.21. The second kappa shape index (κ2) is 8.91. The van der Waals surface area contributed by atoms with Gasteiger partial charge in [0.25, 0.3) is 0 Å². The molecule has 0 aliphatic carbocycles. The molecule has 0 fully saturated rings. The van der Waals surface area contributed by atoms with Crippen LogP contribution in [0.1, 0.15) is 34.6 Å². The van der Waals surface area contributed by atoms with E-state index in [1.165, 1.54) is 24.3 Å². The van der Waals surface area contributed by atoms with E-state index in [4.69, 9.17) is 19.2 Å². The minimum absolute atomic E-state index is 0.140. The van der Waals surface area contributed by atoms with Crippen molar-refractivity contribution >= 4 is 31.7 Å². The maximum absolute atomic E-state index is 11.5. The highest BCUT2D eigenvalue weighted by molar-refractivity contribution is 7.45. The van der Waals surface area contributed by atoms with Gasteiger partial charge in [-0.05, 0) is 12.1 Å². The Balaban J connectivity index is 0.000000841. The van der Waals surface area contributed by atoms with Crippen LogP contribution in [-0.4, -0.2) is 38.6 Å². The fourth-order valence-corrected chi connectivity index (χ4v) is 1.21. The third-order valence-corrected chi connectivity index (χ3v) is 1.84. The van der Waals surface area contributed by atoms with Crippen molar-refractivity contribution in [1.82, 2.24) is 0 Å². The molecule has 23 heavy (non-hydrogen) atoms. The molecule has 0 spiro atoms. The zero-order valence-electron chi connectivity index (χ0n) is 12.0. The molecule has 10 nitrogen and oxygen atoms in total. The van der Waals surface area contributed by atoms with Crippen LogP contribution < -0.4 is 0 Å². The standard InChI is InChI=1S/C12H10O6.H3O4P/c1-7(13)17-11(15)9-5-3-4-6-10(9)12(16)18-8(2)14;1-5(2,3)4/h3-6H,1-2H3;(H3,1,2,3,4). The molecule has 0 heterocycles. The Morgan fingerprint density at radius 1 is 0.826 bits per heavy atom. The van der Waals surface area contributed by atoms with E-state index in [2.05, 4.69) is 9.47 Å². The molecule has 11 heteroatoms. The second-order valence-corrected chi connectivity index (χ2v) is 4.85. The molecule has 0 bridgehead atoms. The third-order valence-electron chi connectivity index (χ3n) is 1.84. The van der Waals surface area contributed by atoms with Gasteiger partial charge < -0.3 is 24.2 Å². The van der Waals surface area contributed by atoms with Crippen molar-refractivity contribution in [2.24, 2.45) is 0 Å². The molecule has 1 aromatic rings. The van der Waals surface area contributed by atoms with Crippen molar-refractivity contribution in [1.29, 1.82) is 0 Å². The Bertz CT molecular complexity index is 604. The number of carbonyl (C=O) groups is 4. The molecule has 0 aliphatic heterocycles. The minimum Gasteiger partial charge on any atom is -0.390 e. The van der Waals surface area contributed by atoms with Crippen LogP contribution in [0.2, 0.25) is 0 Å². The first kappa shape index (κ1) is 20.6. The van der Waals surface area contributed by atoms with Crippen LogP contribution in [0.5, 0.6) is 0 Å². The normalized spacial score (nSPS) is 9.96. The first-order chi connectivity index (χ1) is 10.4. The summed E-state index contributed by atoms with van der Waals surface area (Å²) >= 11 is 0. The number of hydrogen-bond acceptors (Lipinski definition) is 7. The lowest BCUT2D eigenvalue weighted by Crippen LogP contribution is -2.17. The molecule has 0 amide bonds. The lowest BCUT2D eigenvalue weighted by Gasteiger charge is -2.06. The van der Waals surface area contributed by atoms with Gasteiger partial charge in [-0.2, -0.15) is 0 Å². The molecule has 0 radical (unpaired) electrons. The summed E-state index contributed by atoms with van der Waals surface area (Å²) in [4.78, 5) is 66.0. The Hall–Kier alpha value is -2.39. The first-order valence-corrected chi connectivity index (χ1v) is 7.31. The Morgan fingerprint density at radius 2 is 1.09 bits per heavy atom. The molecule has 1 rings (SSSR count). The predicted octanol–water partition coefficient (Wildman–Crippen LogP) is 0.165. The van der Waals surface area contributed by atoms with E-state index in [-0.39, 0.29) is 11.1 Å². The van der Waals surface area contributed by atoms with Gasteiger partial charge in [0.2, 0.25) is 0 Å². The van der Waals surface area contributed by atoms with E-state index in [9.17, 15) is 19.2 Å². The highest BCUT2D eigenvalue weighted by atomic mass is 31.2. The van der Waals surface area contributed by atoms with Crippen LogP contribution in [-0.2, 0) is 23.6 Å². The van der Waals surface area contributed by atoms with Crippen molar-refractivity contribution in [3.8, 4) is 0 Å². The SMILES string of the molecule is CC(=O)OC(=O)c1ccccc1C(=O)OC(C)=O.O=P(O)(O)O. The summed E-state index contributed by atoms with van der Waals surface area (Å²) in [6.45, 7) is 2.13. The van der Waals surface area contributed by atoms with Crippen molar-refractivity contribution in [3.63, 3.8) is 0 Å². The Morgan fingerprint density at radius 3 is 1.30 bits per heavy atom. The van der Waals surface area contributed by atoms with Gasteiger partial charge in [-0.3, -0.25) is 9.59 Å². The van der Waals surface area contributed by atoms with E-state index >= 15 is 0 Å². The van der Waals surface area contributed by atoms with E-state index in [1.54, 1.807) is 0 Å². The Kier molecular flexibility index (Phi) is 7.98. The van der Waals surface area contributed by atoms with Gasteiger partial charge in [-0.15, -0.1) is 0 Å². The maximum atomic E-state index is 11.5. The van der Waals surface area contributed by atoms with Crippen molar-refractivity contribution < 1.29 is 47.9 Å². The Labute approximate surface area is 129 Å². The summed E-state index contributed by atoms with van der Waals surface area (Å²) in [6.07, 6.45) is 0. The molecule has 0 aromatic heterocycles. The summed E-state index contributed by atoms with van der Waals surface area (Å²) in [7, 11) is -4.64. The van der Waals surface area contributed by atoms with Crippen molar-refractivity contribution in [2.75, 3.05) is 0 Å². The average Bonchev–Trinajstić information content (AvgIpc) is 2.35. The summed E-state index contributed by atoms with van der Waals surface area (Å²) in [5.41, 5.74) is -0.280. The number of esters is 4. The molecule has 1 aromatic carbocycles. The van der Waals surface area contributed by atoms with Crippen LogP contribution in [0, 0.1) is 0 Å². The number of hydrogen-bond donors (Lipinski definition) is 3. The smallest absolute Gasteiger partial charge is 0.390 e. The molecular formula is C12H13O10P. The highest BCUT2D eigenvalue weighted by Crippen LogP contribution is 2.25. The molecule has 0 aliphatic rings. The van der Waals surface area contributed by atoms with E-state index in [0.717, 1.165) is 13.8 Å². The summed E-state index contributed by atoms with van der Waals surface area (Å²) < 4.78 is 17.6. The quantitative estimate of drug-likeness (QED) is 0.381. The largest absolute Gasteiger partial charge is 0.466 e. The van der Waals surface area contributed by atoms with Gasteiger partial charge in [0.15, 0.2) is 0 Å². The highest BCUT2D eigenvalue weighted by Gasteiger charge is 2.20. The van der Waals surface area contributed by atoms with Crippen LogP contribution in [0.25, 0.3) is 0 Å². The van der Waals surface area contributed by atoms with Gasteiger partial charge >= 0.3 is 31.7 Å². The molecule has 126 valence electrons. The molecule has 3 N–H and O–H groups in total. The van der Waals surface area contributed by atoms with Crippen LogP contribution in [0.3, 0.4) is 0 Å². The van der Waals surface area contributed by atoms with Crippen molar-refractivity contribution in [3.05, 3.63) is 35.4 Å². The molecule has 0 unspecified atom stereocenters. The predicted molar refractivity (Wildman–Crippen MR) is 72.9 cm³/mol. The minimum atomic E-state index is -4.64. The van der Waals surface area contributed by atoms with Gasteiger partial charge in [0.1, 0.15) is 0 Å². The van der Waals surface area contributed by atoms with Gasteiger partial charge in [0, 0.05) is 13.8 Å². The summed E-state index contributed by atoms with van der Waals surface area (Å²) in [5, 5.41) is 0. The maximum Gasteiger partial charge on any atom is 0.466 e. The average molecular weight is 348 g/mol. The summed E-state index contributed by atoms with van der Waals surface area (Å²) in [6, 6.07) is 5.56. The monoisotopic (exact) mass is 348 g/mol. The number of phosphoric acid groups is 1.